The first-order chi connectivity index (χ1) is 10.6. The Morgan fingerprint density at radius 2 is 2.00 bits per heavy atom. The van der Waals surface area contributed by atoms with E-state index in [1.807, 2.05) is 0 Å². The van der Waals surface area contributed by atoms with E-state index in [-0.39, 0.29) is 5.76 Å². The molecule has 9 nitrogen and oxygen atoms in total. The third-order valence-corrected chi connectivity index (χ3v) is 3.32. The van der Waals surface area contributed by atoms with Gasteiger partial charge in [0.05, 0.1) is 0 Å². The molecule has 1 fully saturated rings. The van der Waals surface area contributed by atoms with Gasteiger partial charge in [-0.25, -0.2) is 4.79 Å². The van der Waals surface area contributed by atoms with Gasteiger partial charge < -0.3 is 14.2 Å². The molecule has 3 unspecified atom stereocenters. The molecule has 1 aliphatic rings. The Labute approximate surface area is 130 Å². The van der Waals surface area contributed by atoms with Gasteiger partial charge in [0.15, 0.2) is 0 Å². The van der Waals surface area contributed by atoms with Crippen LogP contribution in [0.25, 0.3) is 0 Å². The molecular weight excluding hydrogens is 308 g/mol. The Morgan fingerprint density at radius 3 is 2.52 bits per heavy atom. The summed E-state index contributed by atoms with van der Waals surface area (Å²) >= 11 is 0. The van der Waals surface area contributed by atoms with E-state index in [9.17, 15) is 19.2 Å². The van der Waals surface area contributed by atoms with Crippen molar-refractivity contribution in [2.45, 2.75) is 38.7 Å². The number of rotatable bonds is 3. The van der Waals surface area contributed by atoms with Crippen molar-refractivity contribution in [2.24, 2.45) is 0 Å². The summed E-state index contributed by atoms with van der Waals surface area (Å²) in [6.45, 7) is 7.44. The van der Waals surface area contributed by atoms with Crippen molar-refractivity contribution in [3.8, 4) is 0 Å². The largest absolute Gasteiger partial charge is 0.466 e. The third-order valence-electron chi connectivity index (χ3n) is 3.32. The predicted octanol–water partition coefficient (Wildman–Crippen LogP) is -0.167. The van der Waals surface area contributed by atoms with Crippen LogP contribution in [0.15, 0.2) is 34.2 Å². The van der Waals surface area contributed by atoms with E-state index in [0.717, 1.165) is 10.6 Å². The van der Waals surface area contributed by atoms with Gasteiger partial charge in [0.1, 0.15) is 5.76 Å². The van der Waals surface area contributed by atoms with Gasteiger partial charge >= 0.3 is 17.6 Å². The number of hydrogen-bond acceptors (Lipinski definition) is 7. The lowest BCUT2D eigenvalue weighted by molar-refractivity contribution is -0.184. The number of hydrogen-bond donors (Lipinski definition) is 1. The molecule has 0 radical (unpaired) electrons. The molecule has 124 valence electrons. The Balaban J connectivity index is 2.55. The molecule has 2 rings (SSSR count). The van der Waals surface area contributed by atoms with Gasteiger partial charge in [-0.05, 0) is 6.92 Å². The van der Waals surface area contributed by atoms with Gasteiger partial charge in [-0.2, -0.15) is 0 Å². The molecule has 2 heterocycles. The molecule has 0 amide bonds. The van der Waals surface area contributed by atoms with E-state index >= 15 is 0 Å². The van der Waals surface area contributed by atoms with Crippen LogP contribution in [0, 0.1) is 0 Å². The summed E-state index contributed by atoms with van der Waals surface area (Å²) in [7, 11) is 0. The molecule has 0 spiro atoms. The fraction of sp³-hybridized carbons (Fsp3) is 0.429. The highest BCUT2D eigenvalue weighted by molar-refractivity contribution is 5.68. The van der Waals surface area contributed by atoms with Crippen LogP contribution in [0.4, 0.5) is 0 Å². The standard InChI is InChI=1S/C14H16N2O7/c1-7-11(22-8(2)17)14(4,23-9(3)18)12(21-7)16-6-5-10(19)15-13(16)20/h5-6,11-12H,1H2,2-4H3,(H,15,19,20). The lowest BCUT2D eigenvalue weighted by Gasteiger charge is -2.32. The molecule has 1 aliphatic heterocycles. The van der Waals surface area contributed by atoms with E-state index in [2.05, 4.69) is 11.6 Å². The maximum Gasteiger partial charge on any atom is 0.331 e. The van der Waals surface area contributed by atoms with Crippen LogP contribution in [-0.4, -0.2) is 33.2 Å². The van der Waals surface area contributed by atoms with Crippen LogP contribution in [-0.2, 0) is 23.8 Å². The van der Waals surface area contributed by atoms with Crippen LogP contribution in [0.5, 0.6) is 0 Å². The fourth-order valence-corrected chi connectivity index (χ4v) is 2.48. The second-order valence-corrected chi connectivity index (χ2v) is 5.22. The Morgan fingerprint density at radius 1 is 1.35 bits per heavy atom. The van der Waals surface area contributed by atoms with Crippen LogP contribution in [0.2, 0.25) is 0 Å². The minimum atomic E-state index is -1.53. The van der Waals surface area contributed by atoms with Gasteiger partial charge in [-0.1, -0.05) is 6.58 Å². The van der Waals surface area contributed by atoms with Gasteiger partial charge in [-0.3, -0.25) is 23.9 Å². The van der Waals surface area contributed by atoms with Crippen molar-refractivity contribution < 1.29 is 23.8 Å². The first kappa shape index (κ1) is 16.5. The highest BCUT2D eigenvalue weighted by Crippen LogP contribution is 2.43. The van der Waals surface area contributed by atoms with Crippen molar-refractivity contribution in [2.75, 3.05) is 0 Å². The van der Waals surface area contributed by atoms with Crippen molar-refractivity contribution >= 4 is 11.9 Å². The van der Waals surface area contributed by atoms with Crippen molar-refractivity contribution in [1.29, 1.82) is 0 Å². The van der Waals surface area contributed by atoms with Gasteiger partial charge in [0.2, 0.25) is 17.9 Å². The smallest absolute Gasteiger partial charge is 0.331 e. The number of aromatic nitrogens is 2. The van der Waals surface area contributed by atoms with E-state index in [1.165, 1.54) is 27.0 Å². The maximum absolute atomic E-state index is 12.0. The third kappa shape index (κ3) is 3.03. The van der Waals surface area contributed by atoms with E-state index < -0.39 is 41.1 Å². The minimum Gasteiger partial charge on any atom is -0.466 e. The summed E-state index contributed by atoms with van der Waals surface area (Å²) < 4.78 is 16.9. The lowest BCUT2D eigenvalue weighted by Crippen LogP contribution is -2.49. The van der Waals surface area contributed by atoms with E-state index in [1.54, 1.807) is 0 Å². The first-order valence-electron chi connectivity index (χ1n) is 6.69. The minimum absolute atomic E-state index is 0.0204. The molecular formula is C14H16N2O7. The molecule has 3 atom stereocenters. The van der Waals surface area contributed by atoms with Crippen LogP contribution < -0.4 is 11.2 Å². The van der Waals surface area contributed by atoms with E-state index in [0.29, 0.717) is 0 Å². The van der Waals surface area contributed by atoms with Crippen molar-refractivity contribution in [3.05, 3.63) is 45.4 Å². The molecule has 0 aromatic carbocycles. The zero-order chi connectivity index (χ0) is 17.4. The Bertz CT molecular complexity index is 778. The molecule has 1 N–H and O–H groups in total. The molecule has 9 heteroatoms. The van der Waals surface area contributed by atoms with Crippen molar-refractivity contribution in [1.82, 2.24) is 9.55 Å². The zero-order valence-corrected chi connectivity index (χ0v) is 12.8. The van der Waals surface area contributed by atoms with E-state index in [4.69, 9.17) is 14.2 Å². The van der Waals surface area contributed by atoms with Gasteiger partial charge in [0, 0.05) is 26.1 Å². The summed E-state index contributed by atoms with van der Waals surface area (Å²) in [5, 5.41) is 0. The summed E-state index contributed by atoms with van der Waals surface area (Å²) in [6, 6.07) is 1.11. The highest BCUT2D eigenvalue weighted by Gasteiger charge is 2.57. The van der Waals surface area contributed by atoms with Gasteiger partial charge in [-0.15, -0.1) is 0 Å². The number of carbonyl (C=O) groups is 2. The van der Waals surface area contributed by atoms with Crippen LogP contribution in [0.3, 0.4) is 0 Å². The maximum atomic E-state index is 12.0. The summed E-state index contributed by atoms with van der Waals surface area (Å²) in [5.41, 5.74) is -2.89. The molecule has 1 saturated heterocycles. The number of carbonyl (C=O) groups excluding carboxylic acids is 2. The topological polar surface area (TPSA) is 117 Å². The molecule has 1 aromatic rings. The zero-order valence-electron chi connectivity index (χ0n) is 12.8. The van der Waals surface area contributed by atoms with Crippen LogP contribution in [0.1, 0.15) is 27.0 Å². The quantitative estimate of drug-likeness (QED) is 0.767. The average Bonchev–Trinajstić information content (AvgIpc) is 2.62. The summed E-state index contributed by atoms with van der Waals surface area (Å²) in [5.74, 6) is -1.27. The number of nitrogens with one attached hydrogen (secondary N) is 1. The average molecular weight is 324 g/mol. The number of aromatic amines is 1. The molecule has 23 heavy (non-hydrogen) atoms. The Kier molecular flexibility index (Phi) is 4.13. The number of esters is 2. The Hall–Kier alpha value is -2.84. The highest BCUT2D eigenvalue weighted by atomic mass is 16.6. The number of ether oxygens (including phenoxy) is 3. The summed E-state index contributed by atoms with van der Waals surface area (Å²) in [4.78, 5) is 48.0. The molecule has 0 aliphatic carbocycles. The van der Waals surface area contributed by atoms with Gasteiger partial charge in [0.25, 0.3) is 5.56 Å². The molecule has 0 bridgehead atoms. The second kappa shape index (κ2) is 5.75. The molecule has 1 aromatic heterocycles. The first-order valence-corrected chi connectivity index (χ1v) is 6.69. The molecule has 0 saturated carbocycles. The van der Waals surface area contributed by atoms with Crippen molar-refractivity contribution in [3.63, 3.8) is 0 Å². The normalized spacial score (nSPS) is 26.5. The number of H-pyrrole nitrogens is 1. The summed E-state index contributed by atoms with van der Waals surface area (Å²) in [6.07, 6.45) is -1.07. The number of nitrogens with zero attached hydrogens (tertiary/aromatic N) is 1. The second-order valence-electron chi connectivity index (χ2n) is 5.22. The predicted molar refractivity (Wildman–Crippen MR) is 76.3 cm³/mol. The SMILES string of the molecule is C=C1OC(n2ccc(=O)[nH]c2=O)C(C)(OC(C)=O)C1OC(C)=O. The van der Waals surface area contributed by atoms with Crippen LogP contribution >= 0.6 is 0 Å². The lowest BCUT2D eigenvalue weighted by atomic mass is 9.98. The fourth-order valence-electron chi connectivity index (χ4n) is 2.48. The monoisotopic (exact) mass is 324 g/mol.